The van der Waals surface area contributed by atoms with E-state index in [1.807, 2.05) is 29.3 Å². The number of carbonyl (C=O) groups is 3. The maximum Gasteiger partial charge on any atom is 0.325 e. The minimum absolute atomic E-state index is 0.0397. The van der Waals surface area contributed by atoms with Gasteiger partial charge in [-0.1, -0.05) is 24.5 Å². The first-order valence-electron chi connectivity index (χ1n) is 11.7. The van der Waals surface area contributed by atoms with Crippen molar-refractivity contribution in [1.82, 2.24) is 14.8 Å². The first kappa shape index (κ1) is 24.3. The largest absolute Gasteiger partial charge is 0.480 e. The van der Waals surface area contributed by atoms with E-state index < -0.39 is 12.0 Å². The van der Waals surface area contributed by atoms with Crippen LogP contribution in [0.25, 0.3) is 0 Å². The molecule has 0 spiro atoms. The molecule has 2 aromatic rings. The number of benzene rings is 1. The molecule has 1 aromatic carbocycles. The van der Waals surface area contributed by atoms with Crippen molar-refractivity contribution in [2.75, 3.05) is 43.4 Å². The van der Waals surface area contributed by atoms with Crippen LogP contribution in [0.5, 0.6) is 0 Å². The Hall–Kier alpha value is -2.82. The quantitative estimate of drug-likeness (QED) is 0.489. The maximum absolute atomic E-state index is 13.0. The highest BCUT2D eigenvalue weighted by molar-refractivity contribution is 7.13. The number of hydrogen-bond acceptors (Lipinski definition) is 7. The van der Waals surface area contributed by atoms with Crippen molar-refractivity contribution >= 4 is 39.9 Å². The molecule has 1 aliphatic carbocycles. The second kappa shape index (κ2) is 11.1. The van der Waals surface area contributed by atoms with Crippen LogP contribution in [0.1, 0.15) is 47.3 Å². The molecular formula is C24H31N5O4S. The van der Waals surface area contributed by atoms with Gasteiger partial charge in [-0.05, 0) is 31.9 Å². The summed E-state index contributed by atoms with van der Waals surface area (Å²) in [6.07, 6.45) is 3.98. The molecule has 4 rings (SSSR count). The molecule has 9 nitrogen and oxygen atoms in total. The Kier molecular flexibility index (Phi) is 7.91. The number of anilines is 2. The van der Waals surface area contributed by atoms with Gasteiger partial charge in [-0.15, -0.1) is 11.3 Å². The van der Waals surface area contributed by atoms with Crippen LogP contribution >= 0.6 is 11.3 Å². The van der Waals surface area contributed by atoms with Crippen LogP contribution in [0.15, 0.2) is 23.6 Å². The lowest BCUT2D eigenvalue weighted by Crippen LogP contribution is -2.47. The smallest absolute Gasteiger partial charge is 0.325 e. The van der Waals surface area contributed by atoms with Crippen LogP contribution in [-0.4, -0.2) is 70.4 Å². The van der Waals surface area contributed by atoms with Gasteiger partial charge >= 0.3 is 12.0 Å². The van der Waals surface area contributed by atoms with Gasteiger partial charge in [0.1, 0.15) is 0 Å². The third kappa shape index (κ3) is 6.40. The first-order chi connectivity index (χ1) is 16.4. The van der Waals surface area contributed by atoms with Gasteiger partial charge in [-0.25, -0.2) is 9.78 Å². The lowest BCUT2D eigenvalue weighted by Gasteiger charge is -2.33. The Morgan fingerprint density at radius 1 is 1.09 bits per heavy atom. The molecule has 0 bridgehead atoms. The van der Waals surface area contributed by atoms with Gasteiger partial charge in [0.05, 0.1) is 17.9 Å². The van der Waals surface area contributed by atoms with E-state index in [0.717, 1.165) is 50.0 Å². The third-order valence-electron chi connectivity index (χ3n) is 6.40. The van der Waals surface area contributed by atoms with Gasteiger partial charge in [0.25, 0.3) is 0 Å². The molecular weight excluding hydrogens is 454 g/mol. The number of aryl methyl sites for hydroxylation is 1. The van der Waals surface area contributed by atoms with Gasteiger partial charge in [0, 0.05) is 49.6 Å². The summed E-state index contributed by atoms with van der Waals surface area (Å²) >= 11 is 1.35. The van der Waals surface area contributed by atoms with Crippen LogP contribution in [0, 0.1) is 12.8 Å². The normalized spacial score (nSPS) is 17.6. The average Bonchev–Trinajstić information content (AvgIpc) is 3.48. The number of carboxylic acid groups (broad SMARTS) is 1. The number of aromatic nitrogens is 1. The number of rotatable bonds is 8. The number of carbonyl (C=O) groups excluding carboxylic acids is 2. The molecule has 1 aromatic heterocycles. The van der Waals surface area contributed by atoms with Crippen LogP contribution < -0.4 is 10.6 Å². The highest BCUT2D eigenvalue weighted by Gasteiger charge is 2.26. The molecule has 2 aliphatic rings. The fraction of sp³-hybridized carbons (Fsp3) is 0.500. The Morgan fingerprint density at radius 3 is 2.50 bits per heavy atom. The Balaban J connectivity index is 1.31. The summed E-state index contributed by atoms with van der Waals surface area (Å²) < 4.78 is 0. The topological polar surface area (TPSA) is 115 Å². The van der Waals surface area contributed by atoms with E-state index in [9.17, 15) is 14.4 Å². The molecule has 0 radical (unpaired) electrons. The molecule has 2 amide bonds. The summed E-state index contributed by atoms with van der Waals surface area (Å²) in [4.78, 5) is 45.2. The van der Waals surface area contributed by atoms with E-state index in [1.54, 1.807) is 6.07 Å². The molecule has 0 unspecified atom stereocenters. The van der Waals surface area contributed by atoms with E-state index >= 15 is 0 Å². The van der Waals surface area contributed by atoms with E-state index in [0.29, 0.717) is 36.0 Å². The zero-order valence-corrected chi connectivity index (χ0v) is 20.2. The first-order valence-corrected chi connectivity index (χ1v) is 12.6. The van der Waals surface area contributed by atoms with E-state index in [-0.39, 0.29) is 18.2 Å². The van der Waals surface area contributed by atoms with Crippen molar-refractivity contribution in [1.29, 1.82) is 0 Å². The molecule has 0 atom stereocenters. The second-order valence-electron chi connectivity index (χ2n) is 9.06. The maximum atomic E-state index is 13.0. The molecule has 1 aliphatic heterocycles. The van der Waals surface area contributed by atoms with Gasteiger partial charge in [0.2, 0.25) is 0 Å². The average molecular weight is 486 g/mol. The van der Waals surface area contributed by atoms with Gasteiger partial charge < -0.3 is 10.4 Å². The number of carboxylic acids is 1. The van der Waals surface area contributed by atoms with Crippen molar-refractivity contribution in [2.45, 2.75) is 39.2 Å². The van der Waals surface area contributed by atoms with Crippen molar-refractivity contribution in [3.63, 3.8) is 0 Å². The molecule has 1 saturated carbocycles. The van der Waals surface area contributed by atoms with Crippen molar-refractivity contribution in [2.24, 2.45) is 5.92 Å². The standard InChI is InChI=1S/C24H31N5O4S/c1-16-6-7-20(19(12-16)22(32)17-4-2-3-5-17)26-23(33)27-24-25-18(15-34-24)13-28-8-10-29(11-9-28)14-21(30)31/h6-7,12,15,17H,2-5,8-11,13-14H2,1H3,(H,30,31)(H2,25,26,27,33). The monoisotopic (exact) mass is 485 g/mol. The molecule has 2 heterocycles. The molecule has 34 heavy (non-hydrogen) atoms. The fourth-order valence-electron chi connectivity index (χ4n) is 4.59. The summed E-state index contributed by atoms with van der Waals surface area (Å²) in [6, 6.07) is 5.11. The SMILES string of the molecule is Cc1ccc(NC(=O)Nc2nc(CN3CCN(CC(=O)O)CC3)cs2)c(C(=O)C2CCCC2)c1. The number of piperazine rings is 1. The number of urea groups is 1. The molecule has 3 N–H and O–H groups in total. The Labute approximate surface area is 203 Å². The zero-order valence-electron chi connectivity index (χ0n) is 19.4. The summed E-state index contributed by atoms with van der Waals surface area (Å²) in [5.74, 6) is -0.656. The number of nitrogens with zero attached hydrogens (tertiary/aromatic N) is 3. The number of Topliss-reactive ketones (excluding diaryl/α,β-unsaturated/α-hetero) is 1. The van der Waals surface area contributed by atoms with Crippen LogP contribution in [-0.2, 0) is 11.3 Å². The number of thiazole rings is 1. The van der Waals surface area contributed by atoms with Gasteiger partial charge in [0.15, 0.2) is 10.9 Å². The van der Waals surface area contributed by atoms with Gasteiger partial charge in [-0.3, -0.25) is 24.7 Å². The van der Waals surface area contributed by atoms with Crippen LogP contribution in [0.3, 0.4) is 0 Å². The number of ketones is 1. The fourth-order valence-corrected chi connectivity index (χ4v) is 5.29. The predicted octanol–water partition coefficient (Wildman–Crippen LogP) is 3.67. The molecule has 1 saturated heterocycles. The lowest BCUT2D eigenvalue weighted by molar-refractivity contribution is -0.138. The highest BCUT2D eigenvalue weighted by Crippen LogP contribution is 2.31. The van der Waals surface area contributed by atoms with E-state index in [2.05, 4.69) is 20.5 Å². The van der Waals surface area contributed by atoms with Crippen molar-refractivity contribution in [3.05, 3.63) is 40.4 Å². The van der Waals surface area contributed by atoms with Crippen molar-refractivity contribution < 1.29 is 19.5 Å². The summed E-state index contributed by atoms with van der Waals surface area (Å²) in [5, 5.41) is 16.9. The highest BCUT2D eigenvalue weighted by atomic mass is 32.1. The van der Waals surface area contributed by atoms with Crippen molar-refractivity contribution in [3.8, 4) is 0 Å². The van der Waals surface area contributed by atoms with E-state index in [1.165, 1.54) is 11.3 Å². The number of hydrogen-bond donors (Lipinski definition) is 3. The molecule has 182 valence electrons. The summed E-state index contributed by atoms with van der Waals surface area (Å²) in [6.45, 7) is 5.64. The summed E-state index contributed by atoms with van der Waals surface area (Å²) in [5.41, 5.74) is 2.94. The number of aliphatic carboxylic acids is 1. The Bertz CT molecular complexity index is 1040. The van der Waals surface area contributed by atoms with Crippen LogP contribution in [0.4, 0.5) is 15.6 Å². The Morgan fingerprint density at radius 2 is 1.79 bits per heavy atom. The molecule has 10 heteroatoms. The lowest BCUT2D eigenvalue weighted by atomic mass is 9.94. The summed E-state index contributed by atoms with van der Waals surface area (Å²) in [7, 11) is 0. The van der Waals surface area contributed by atoms with Crippen LogP contribution in [0.2, 0.25) is 0 Å². The zero-order chi connectivity index (χ0) is 24.1. The van der Waals surface area contributed by atoms with E-state index in [4.69, 9.17) is 5.11 Å². The third-order valence-corrected chi connectivity index (χ3v) is 7.20. The second-order valence-corrected chi connectivity index (χ2v) is 9.92. The number of nitrogens with one attached hydrogen (secondary N) is 2. The van der Waals surface area contributed by atoms with Gasteiger partial charge in [-0.2, -0.15) is 0 Å². The molecule has 2 fully saturated rings. The predicted molar refractivity (Wildman–Crippen MR) is 132 cm³/mol. The minimum atomic E-state index is -0.803. The minimum Gasteiger partial charge on any atom is -0.480 e. The number of amides is 2.